The van der Waals surface area contributed by atoms with Gasteiger partial charge in [-0.25, -0.2) is 4.90 Å². The smallest absolute Gasteiger partial charge is 0.238 e. The van der Waals surface area contributed by atoms with Crippen molar-refractivity contribution < 1.29 is 14.4 Å². The molecule has 3 aliphatic carbocycles. The van der Waals surface area contributed by atoms with Crippen molar-refractivity contribution in [3.8, 4) is 0 Å². The third kappa shape index (κ3) is 1.77. The first-order valence-corrected chi connectivity index (χ1v) is 9.06. The van der Waals surface area contributed by atoms with Crippen LogP contribution in [0, 0.1) is 25.7 Å². The Morgan fingerprint density at radius 3 is 2.31 bits per heavy atom. The lowest BCUT2D eigenvalue weighted by molar-refractivity contribution is -0.134. The van der Waals surface area contributed by atoms with Crippen molar-refractivity contribution in [2.45, 2.75) is 32.1 Å². The summed E-state index contributed by atoms with van der Waals surface area (Å²) in [7, 11) is 0. The van der Waals surface area contributed by atoms with Crippen molar-refractivity contribution in [2.24, 2.45) is 11.8 Å². The molecular formula is C22H19NO3. The minimum Gasteiger partial charge on any atom is -0.299 e. The number of hydrogen-bond donors (Lipinski definition) is 0. The molecule has 26 heavy (non-hydrogen) atoms. The number of amides is 2. The summed E-state index contributed by atoms with van der Waals surface area (Å²) >= 11 is 0. The summed E-state index contributed by atoms with van der Waals surface area (Å²) in [4.78, 5) is 40.7. The SMILES string of the molecule is Cc1cccc(N2C(=O)[C@H]3[C@H](C2=O)[C@H]2C(=O)C[C@H]3c3ccccc32)c1C. The minimum atomic E-state index is -0.552. The first kappa shape index (κ1) is 15.5. The number of carbonyl (C=O) groups is 3. The van der Waals surface area contributed by atoms with Crippen LogP contribution in [-0.2, 0) is 14.4 Å². The van der Waals surface area contributed by atoms with Crippen molar-refractivity contribution >= 4 is 23.3 Å². The molecule has 4 heteroatoms. The molecule has 4 atom stereocenters. The molecule has 0 spiro atoms. The van der Waals surface area contributed by atoms with E-state index < -0.39 is 17.8 Å². The molecule has 0 unspecified atom stereocenters. The molecule has 2 bridgehead atoms. The monoisotopic (exact) mass is 345 g/mol. The second-order valence-corrected chi connectivity index (χ2v) is 7.67. The number of fused-ring (bicyclic) bond motifs is 1. The maximum Gasteiger partial charge on any atom is 0.238 e. The maximum atomic E-state index is 13.3. The molecule has 0 radical (unpaired) electrons. The van der Waals surface area contributed by atoms with Crippen LogP contribution in [0.5, 0.6) is 0 Å². The summed E-state index contributed by atoms with van der Waals surface area (Å²) in [6.45, 7) is 3.90. The zero-order valence-corrected chi connectivity index (χ0v) is 14.7. The van der Waals surface area contributed by atoms with Crippen molar-refractivity contribution in [1.29, 1.82) is 0 Å². The third-order valence-corrected chi connectivity index (χ3v) is 6.51. The fourth-order valence-electron chi connectivity index (χ4n) is 5.17. The number of benzene rings is 2. The number of hydrogen-bond acceptors (Lipinski definition) is 3. The number of ketones is 1. The van der Waals surface area contributed by atoms with E-state index in [1.54, 1.807) is 0 Å². The van der Waals surface area contributed by atoms with Gasteiger partial charge in [0.2, 0.25) is 11.8 Å². The summed E-state index contributed by atoms with van der Waals surface area (Å²) < 4.78 is 0. The van der Waals surface area contributed by atoms with Crippen molar-refractivity contribution in [1.82, 2.24) is 0 Å². The lowest BCUT2D eigenvalue weighted by atomic mass is 9.56. The zero-order chi connectivity index (χ0) is 18.2. The fraction of sp³-hybridized carbons (Fsp3) is 0.318. The normalized spacial score (nSPS) is 29.2. The van der Waals surface area contributed by atoms with Gasteiger partial charge in [0.25, 0.3) is 0 Å². The van der Waals surface area contributed by atoms with Gasteiger partial charge in [0, 0.05) is 12.3 Å². The average Bonchev–Trinajstić information content (AvgIpc) is 2.90. The first-order valence-electron chi connectivity index (χ1n) is 9.06. The molecule has 2 amide bonds. The lowest BCUT2D eigenvalue weighted by Gasteiger charge is -2.43. The highest BCUT2D eigenvalue weighted by Crippen LogP contribution is 2.57. The fourth-order valence-corrected chi connectivity index (χ4v) is 5.17. The summed E-state index contributed by atoms with van der Waals surface area (Å²) in [5.41, 5.74) is 4.65. The van der Waals surface area contributed by atoms with Gasteiger partial charge < -0.3 is 0 Å². The Kier molecular flexibility index (Phi) is 3.06. The zero-order valence-electron chi connectivity index (χ0n) is 14.7. The molecule has 130 valence electrons. The molecule has 0 N–H and O–H groups in total. The number of rotatable bonds is 1. The van der Waals surface area contributed by atoms with Gasteiger partial charge >= 0.3 is 0 Å². The van der Waals surface area contributed by atoms with Gasteiger partial charge in [0.15, 0.2) is 0 Å². The van der Waals surface area contributed by atoms with Gasteiger partial charge in [0.1, 0.15) is 5.78 Å². The highest BCUT2D eigenvalue weighted by atomic mass is 16.2. The van der Waals surface area contributed by atoms with E-state index in [9.17, 15) is 14.4 Å². The molecule has 2 aromatic carbocycles. The second-order valence-electron chi connectivity index (χ2n) is 7.67. The van der Waals surface area contributed by atoms with Gasteiger partial charge in [0.05, 0.1) is 23.4 Å². The minimum absolute atomic E-state index is 0.0962. The maximum absolute atomic E-state index is 13.3. The number of aryl methyl sites for hydroxylation is 1. The van der Waals surface area contributed by atoms with Gasteiger partial charge in [-0.3, -0.25) is 14.4 Å². The molecule has 2 fully saturated rings. The molecular weight excluding hydrogens is 326 g/mol. The van der Waals surface area contributed by atoms with Gasteiger partial charge in [-0.15, -0.1) is 0 Å². The number of carbonyl (C=O) groups excluding carboxylic acids is 3. The van der Waals surface area contributed by atoms with E-state index in [0.29, 0.717) is 12.1 Å². The molecule has 6 rings (SSSR count). The third-order valence-electron chi connectivity index (χ3n) is 6.51. The van der Waals surface area contributed by atoms with E-state index in [2.05, 4.69) is 0 Å². The van der Waals surface area contributed by atoms with Gasteiger partial charge in [-0.05, 0) is 42.2 Å². The second kappa shape index (κ2) is 5.13. The Hall–Kier alpha value is -2.75. The molecule has 2 aromatic rings. The molecule has 4 nitrogen and oxygen atoms in total. The number of nitrogens with zero attached hydrogens (tertiary/aromatic N) is 1. The van der Waals surface area contributed by atoms with Crippen molar-refractivity contribution in [2.75, 3.05) is 4.90 Å². The van der Waals surface area contributed by atoms with Crippen LogP contribution in [0.4, 0.5) is 5.69 Å². The van der Waals surface area contributed by atoms with Crippen LogP contribution in [0.3, 0.4) is 0 Å². The van der Waals surface area contributed by atoms with Crippen molar-refractivity contribution in [3.63, 3.8) is 0 Å². The molecule has 1 saturated heterocycles. The Morgan fingerprint density at radius 2 is 1.54 bits per heavy atom. The first-order chi connectivity index (χ1) is 12.5. The summed E-state index contributed by atoms with van der Waals surface area (Å²) in [5, 5.41) is 0. The van der Waals surface area contributed by atoms with E-state index in [1.165, 1.54) is 4.90 Å². The van der Waals surface area contributed by atoms with Crippen LogP contribution in [0.2, 0.25) is 0 Å². The van der Waals surface area contributed by atoms with Crippen LogP contribution in [-0.4, -0.2) is 17.6 Å². The predicted octanol–water partition coefficient (Wildman–Crippen LogP) is 3.26. The molecule has 1 heterocycles. The lowest BCUT2D eigenvalue weighted by Crippen LogP contribution is -2.44. The molecule has 0 aromatic heterocycles. The summed E-state index contributed by atoms with van der Waals surface area (Å²) in [6, 6.07) is 13.5. The van der Waals surface area contributed by atoms with Gasteiger partial charge in [-0.1, -0.05) is 36.4 Å². The van der Waals surface area contributed by atoms with Crippen LogP contribution in [0.1, 0.15) is 40.5 Å². The molecule has 1 aliphatic heterocycles. The van der Waals surface area contributed by atoms with E-state index >= 15 is 0 Å². The van der Waals surface area contributed by atoms with Crippen LogP contribution in [0.25, 0.3) is 0 Å². The molecule has 1 saturated carbocycles. The standard InChI is InChI=1S/C22H19NO3/c1-11-6-5-9-16(12(11)2)23-21(25)19-15-10-17(24)18(20(19)22(23)26)14-8-4-3-7-13(14)15/h3-9,15,18-20H,10H2,1-2H3/t15-,18+,19+,20+/m0/s1. The summed E-state index contributed by atoms with van der Waals surface area (Å²) in [6.07, 6.45) is 0.364. The van der Waals surface area contributed by atoms with Crippen LogP contribution < -0.4 is 4.90 Å². The average molecular weight is 345 g/mol. The predicted molar refractivity (Wildman–Crippen MR) is 96.9 cm³/mol. The van der Waals surface area contributed by atoms with E-state index in [1.807, 2.05) is 56.3 Å². The van der Waals surface area contributed by atoms with Gasteiger partial charge in [-0.2, -0.15) is 0 Å². The highest BCUT2D eigenvalue weighted by Gasteiger charge is 2.62. The van der Waals surface area contributed by atoms with E-state index in [-0.39, 0.29) is 23.5 Å². The van der Waals surface area contributed by atoms with Crippen LogP contribution >= 0.6 is 0 Å². The Balaban J connectivity index is 1.68. The Morgan fingerprint density at radius 1 is 0.846 bits per heavy atom. The Labute approximate surface area is 151 Å². The molecule has 4 aliphatic rings. The number of anilines is 1. The van der Waals surface area contributed by atoms with Crippen molar-refractivity contribution in [3.05, 3.63) is 64.7 Å². The topological polar surface area (TPSA) is 54.5 Å². The Bertz CT molecular complexity index is 993. The number of imide groups is 1. The van der Waals surface area contributed by atoms with Crippen LogP contribution in [0.15, 0.2) is 42.5 Å². The number of Topliss-reactive ketones (excluding diaryl/α,β-unsaturated/α-hetero) is 1. The quantitative estimate of drug-likeness (QED) is 0.746. The largest absolute Gasteiger partial charge is 0.299 e. The summed E-state index contributed by atoms with van der Waals surface area (Å²) in [5.74, 6) is -1.90. The highest BCUT2D eigenvalue weighted by molar-refractivity contribution is 6.25. The van der Waals surface area contributed by atoms with E-state index in [0.717, 1.165) is 22.3 Å². The van der Waals surface area contributed by atoms with E-state index in [4.69, 9.17) is 0 Å².